The van der Waals surface area contributed by atoms with Crippen LogP contribution in [-0.2, 0) is 6.42 Å². The molecule has 106 valence electrons. The zero-order chi connectivity index (χ0) is 14.3. The van der Waals surface area contributed by atoms with Gasteiger partial charge >= 0.3 is 0 Å². The Morgan fingerprint density at radius 2 is 1.89 bits per heavy atom. The van der Waals surface area contributed by atoms with Crippen molar-refractivity contribution in [2.24, 2.45) is 5.92 Å². The molecule has 1 aromatic carbocycles. The first-order chi connectivity index (χ1) is 9.08. The van der Waals surface area contributed by atoms with Crippen LogP contribution in [0.25, 0.3) is 0 Å². The molecule has 4 heteroatoms. The van der Waals surface area contributed by atoms with E-state index in [0.29, 0.717) is 12.0 Å². The van der Waals surface area contributed by atoms with Gasteiger partial charge in [-0.1, -0.05) is 32.4 Å². The SMILES string of the molecule is CCCNC(C)C(CC)Cc1ccc([N+](=O)[O-])cc1. The molecule has 1 aromatic rings. The van der Waals surface area contributed by atoms with E-state index in [2.05, 4.69) is 26.1 Å². The molecule has 0 radical (unpaired) electrons. The fourth-order valence-corrected chi connectivity index (χ4v) is 2.27. The van der Waals surface area contributed by atoms with E-state index >= 15 is 0 Å². The fourth-order valence-electron chi connectivity index (χ4n) is 2.27. The van der Waals surface area contributed by atoms with Gasteiger partial charge in [0.25, 0.3) is 5.69 Å². The van der Waals surface area contributed by atoms with E-state index in [-0.39, 0.29) is 10.6 Å². The van der Waals surface area contributed by atoms with Crippen molar-refractivity contribution in [3.8, 4) is 0 Å². The predicted octanol–water partition coefficient (Wildman–Crippen LogP) is 3.55. The maximum Gasteiger partial charge on any atom is 0.269 e. The van der Waals surface area contributed by atoms with Crippen LogP contribution in [0, 0.1) is 16.0 Å². The van der Waals surface area contributed by atoms with Crippen LogP contribution in [0.2, 0.25) is 0 Å². The average Bonchev–Trinajstić information content (AvgIpc) is 2.42. The van der Waals surface area contributed by atoms with E-state index in [0.717, 1.165) is 25.8 Å². The molecule has 1 N–H and O–H groups in total. The van der Waals surface area contributed by atoms with Crippen LogP contribution in [0.5, 0.6) is 0 Å². The summed E-state index contributed by atoms with van der Waals surface area (Å²) in [6, 6.07) is 7.39. The number of hydrogen-bond donors (Lipinski definition) is 1. The average molecular weight is 264 g/mol. The third-order valence-corrected chi connectivity index (χ3v) is 3.59. The van der Waals surface area contributed by atoms with Crippen LogP contribution in [0.1, 0.15) is 39.2 Å². The lowest BCUT2D eigenvalue weighted by atomic mass is 9.90. The van der Waals surface area contributed by atoms with Crippen molar-refractivity contribution >= 4 is 5.69 Å². The Morgan fingerprint density at radius 3 is 2.37 bits per heavy atom. The molecule has 1 rings (SSSR count). The molecule has 0 heterocycles. The molecule has 0 fully saturated rings. The number of nitrogens with one attached hydrogen (secondary N) is 1. The van der Waals surface area contributed by atoms with E-state index < -0.39 is 0 Å². The number of benzene rings is 1. The molecular weight excluding hydrogens is 240 g/mol. The molecule has 4 nitrogen and oxygen atoms in total. The second kappa shape index (κ2) is 7.89. The Morgan fingerprint density at radius 1 is 1.26 bits per heavy atom. The van der Waals surface area contributed by atoms with E-state index in [4.69, 9.17) is 0 Å². The Bertz CT molecular complexity index is 390. The van der Waals surface area contributed by atoms with Crippen LogP contribution < -0.4 is 5.32 Å². The molecule has 0 saturated heterocycles. The molecule has 0 aliphatic carbocycles. The molecule has 2 atom stereocenters. The standard InChI is InChI=1S/C15H24N2O2/c1-4-10-16-12(3)14(5-2)11-13-6-8-15(9-7-13)17(18)19/h6-9,12,14,16H,4-5,10-11H2,1-3H3. The van der Waals surface area contributed by atoms with Crippen molar-refractivity contribution in [2.75, 3.05) is 6.54 Å². The summed E-state index contributed by atoms with van der Waals surface area (Å²) in [5.74, 6) is 0.563. The van der Waals surface area contributed by atoms with Gasteiger partial charge in [-0.25, -0.2) is 0 Å². The van der Waals surface area contributed by atoms with E-state index in [9.17, 15) is 10.1 Å². The van der Waals surface area contributed by atoms with Gasteiger partial charge in [0.15, 0.2) is 0 Å². The molecular formula is C15H24N2O2. The van der Waals surface area contributed by atoms with Gasteiger partial charge in [-0.2, -0.15) is 0 Å². The van der Waals surface area contributed by atoms with Crippen LogP contribution in [0.15, 0.2) is 24.3 Å². The molecule has 0 bridgehead atoms. The lowest BCUT2D eigenvalue weighted by molar-refractivity contribution is -0.384. The number of nitro groups is 1. The smallest absolute Gasteiger partial charge is 0.269 e. The monoisotopic (exact) mass is 264 g/mol. The minimum Gasteiger partial charge on any atom is -0.314 e. The van der Waals surface area contributed by atoms with Crippen LogP contribution >= 0.6 is 0 Å². The lowest BCUT2D eigenvalue weighted by Gasteiger charge is -2.24. The first-order valence-corrected chi connectivity index (χ1v) is 7.05. The second-order valence-corrected chi connectivity index (χ2v) is 5.04. The van der Waals surface area contributed by atoms with Gasteiger partial charge in [0.1, 0.15) is 0 Å². The van der Waals surface area contributed by atoms with Gasteiger partial charge < -0.3 is 5.32 Å². The van der Waals surface area contributed by atoms with Crippen molar-refractivity contribution in [1.82, 2.24) is 5.32 Å². The summed E-state index contributed by atoms with van der Waals surface area (Å²) >= 11 is 0. The molecule has 0 saturated carbocycles. The van der Waals surface area contributed by atoms with Gasteiger partial charge in [-0.05, 0) is 37.8 Å². The van der Waals surface area contributed by atoms with Crippen molar-refractivity contribution in [3.63, 3.8) is 0 Å². The van der Waals surface area contributed by atoms with Crippen molar-refractivity contribution in [2.45, 2.75) is 46.1 Å². The summed E-state index contributed by atoms with van der Waals surface area (Å²) in [5, 5.41) is 14.1. The third kappa shape index (κ3) is 4.99. The van der Waals surface area contributed by atoms with Gasteiger partial charge in [0.05, 0.1) is 4.92 Å². The fraction of sp³-hybridized carbons (Fsp3) is 0.600. The maximum atomic E-state index is 10.6. The van der Waals surface area contributed by atoms with Gasteiger partial charge in [0.2, 0.25) is 0 Å². The van der Waals surface area contributed by atoms with E-state index in [1.165, 1.54) is 5.56 Å². The molecule has 0 amide bonds. The highest BCUT2D eigenvalue weighted by Crippen LogP contribution is 2.19. The minimum absolute atomic E-state index is 0.161. The Hall–Kier alpha value is -1.42. The molecule has 0 aromatic heterocycles. The third-order valence-electron chi connectivity index (χ3n) is 3.59. The summed E-state index contributed by atoms with van der Waals surface area (Å²) in [6.45, 7) is 7.62. The van der Waals surface area contributed by atoms with E-state index in [1.807, 2.05) is 12.1 Å². The highest BCUT2D eigenvalue weighted by molar-refractivity contribution is 5.33. The Balaban J connectivity index is 2.62. The highest BCUT2D eigenvalue weighted by Gasteiger charge is 2.15. The van der Waals surface area contributed by atoms with Crippen molar-refractivity contribution < 1.29 is 4.92 Å². The second-order valence-electron chi connectivity index (χ2n) is 5.04. The summed E-state index contributed by atoms with van der Waals surface area (Å²) in [7, 11) is 0. The van der Waals surface area contributed by atoms with Gasteiger partial charge in [0, 0.05) is 18.2 Å². The highest BCUT2D eigenvalue weighted by atomic mass is 16.6. The molecule has 19 heavy (non-hydrogen) atoms. The van der Waals surface area contributed by atoms with Crippen molar-refractivity contribution in [1.29, 1.82) is 0 Å². The topological polar surface area (TPSA) is 55.2 Å². The zero-order valence-electron chi connectivity index (χ0n) is 12.1. The normalized spacial score (nSPS) is 14.1. The zero-order valence-corrected chi connectivity index (χ0v) is 12.1. The number of non-ortho nitro benzene ring substituents is 1. The molecule has 0 spiro atoms. The number of rotatable bonds is 8. The summed E-state index contributed by atoms with van der Waals surface area (Å²) in [6.07, 6.45) is 3.21. The van der Waals surface area contributed by atoms with Gasteiger partial charge in [-0.3, -0.25) is 10.1 Å². The summed E-state index contributed by atoms with van der Waals surface area (Å²) in [4.78, 5) is 10.3. The van der Waals surface area contributed by atoms with Crippen LogP contribution in [0.3, 0.4) is 0 Å². The lowest BCUT2D eigenvalue weighted by Crippen LogP contribution is -2.34. The van der Waals surface area contributed by atoms with Crippen LogP contribution in [0.4, 0.5) is 5.69 Å². The maximum absolute atomic E-state index is 10.6. The number of nitrogens with zero attached hydrogens (tertiary/aromatic N) is 1. The minimum atomic E-state index is -0.355. The molecule has 2 unspecified atom stereocenters. The predicted molar refractivity (Wildman–Crippen MR) is 78.3 cm³/mol. The Kier molecular flexibility index (Phi) is 6.50. The quantitative estimate of drug-likeness (QED) is 0.577. The molecule has 0 aliphatic heterocycles. The number of hydrogen-bond acceptors (Lipinski definition) is 3. The van der Waals surface area contributed by atoms with Gasteiger partial charge in [-0.15, -0.1) is 0 Å². The van der Waals surface area contributed by atoms with E-state index in [1.54, 1.807) is 12.1 Å². The first kappa shape index (κ1) is 15.6. The largest absolute Gasteiger partial charge is 0.314 e. The van der Waals surface area contributed by atoms with Crippen LogP contribution in [-0.4, -0.2) is 17.5 Å². The number of nitro benzene ring substituents is 1. The first-order valence-electron chi connectivity index (χ1n) is 7.05. The molecule has 0 aliphatic rings. The summed E-state index contributed by atoms with van der Waals surface area (Å²) < 4.78 is 0. The Labute approximate surface area is 115 Å². The summed E-state index contributed by atoms with van der Waals surface area (Å²) in [5.41, 5.74) is 1.33. The van der Waals surface area contributed by atoms with Crippen molar-refractivity contribution in [3.05, 3.63) is 39.9 Å².